The molecule has 0 radical (unpaired) electrons. The van der Waals surface area contributed by atoms with Gasteiger partial charge in [-0.05, 0) is 31.1 Å². The minimum absolute atomic E-state index is 0.0321. The van der Waals surface area contributed by atoms with Gasteiger partial charge in [-0.25, -0.2) is 0 Å². The smallest absolute Gasteiger partial charge is 0.262 e. The number of hydrogen-bond acceptors (Lipinski definition) is 4. The summed E-state index contributed by atoms with van der Waals surface area (Å²) in [6, 6.07) is 3.48. The van der Waals surface area contributed by atoms with Crippen LogP contribution >= 0.6 is 0 Å². The van der Waals surface area contributed by atoms with E-state index in [1.165, 1.54) is 0 Å². The zero-order valence-corrected chi connectivity index (χ0v) is 12.6. The van der Waals surface area contributed by atoms with Crippen LogP contribution in [0, 0.1) is 5.41 Å². The zero-order valence-electron chi connectivity index (χ0n) is 12.6. The van der Waals surface area contributed by atoms with Gasteiger partial charge in [0.2, 0.25) is 0 Å². The fraction of sp³-hybridized carbons (Fsp3) is 0.562. The molecular formula is C16H22N2O3. The summed E-state index contributed by atoms with van der Waals surface area (Å²) in [7, 11) is 0. The van der Waals surface area contributed by atoms with Crippen LogP contribution in [0.15, 0.2) is 12.1 Å². The minimum Gasteiger partial charge on any atom is -0.488 e. The number of rotatable bonds is 2. The first-order chi connectivity index (χ1) is 9.93. The van der Waals surface area contributed by atoms with Crippen LogP contribution in [0.4, 0.5) is 11.4 Å². The molecule has 21 heavy (non-hydrogen) atoms. The number of nitrogens with two attached hydrogens (primary N) is 1. The van der Waals surface area contributed by atoms with Crippen molar-refractivity contribution in [2.45, 2.75) is 45.6 Å². The summed E-state index contributed by atoms with van der Waals surface area (Å²) >= 11 is 0. The molecule has 1 heterocycles. The molecule has 1 aliphatic heterocycles. The topological polar surface area (TPSA) is 73.6 Å². The van der Waals surface area contributed by atoms with Gasteiger partial charge in [-0.2, -0.15) is 0 Å². The molecule has 0 saturated heterocycles. The third kappa shape index (κ3) is 3.06. The van der Waals surface area contributed by atoms with Crippen LogP contribution in [0.2, 0.25) is 0 Å². The maximum absolute atomic E-state index is 11.4. The van der Waals surface area contributed by atoms with Crippen molar-refractivity contribution in [3.63, 3.8) is 0 Å². The Labute approximate surface area is 124 Å². The Balaban J connectivity index is 1.74. The van der Waals surface area contributed by atoms with E-state index < -0.39 is 0 Å². The molecule has 0 unspecified atom stereocenters. The maximum atomic E-state index is 11.4. The van der Waals surface area contributed by atoms with E-state index in [1.54, 1.807) is 12.1 Å². The van der Waals surface area contributed by atoms with Crippen molar-refractivity contribution in [2.75, 3.05) is 17.7 Å². The van der Waals surface area contributed by atoms with Crippen molar-refractivity contribution < 1.29 is 14.3 Å². The third-order valence-electron chi connectivity index (χ3n) is 4.32. The number of benzene rings is 1. The average molecular weight is 290 g/mol. The second kappa shape index (κ2) is 5.13. The van der Waals surface area contributed by atoms with Crippen molar-refractivity contribution in [3.05, 3.63) is 12.1 Å². The Hall–Kier alpha value is -1.91. The summed E-state index contributed by atoms with van der Waals surface area (Å²) in [5.74, 6) is 1.08. The van der Waals surface area contributed by atoms with Crippen LogP contribution in [0.3, 0.4) is 0 Å². The van der Waals surface area contributed by atoms with Crippen molar-refractivity contribution in [1.29, 1.82) is 0 Å². The van der Waals surface area contributed by atoms with Crippen molar-refractivity contribution in [2.24, 2.45) is 5.41 Å². The second-order valence-corrected chi connectivity index (χ2v) is 6.70. The molecule has 2 aliphatic rings. The molecule has 5 nitrogen and oxygen atoms in total. The van der Waals surface area contributed by atoms with Crippen LogP contribution < -0.4 is 20.5 Å². The van der Waals surface area contributed by atoms with Gasteiger partial charge in [0.15, 0.2) is 6.61 Å². The summed E-state index contributed by atoms with van der Waals surface area (Å²) in [5.41, 5.74) is 7.62. The van der Waals surface area contributed by atoms with Crippen LogP contribution in [0.1, 0.15) is 39.5 Å². The molecule has 0 bridgehead atoms. The standard InChI is InChI=1S/C16H22N2O3/c1-16(2)5-3-10(4-6-16)21-13-8-12-14(7-11(13)17)20-9-15(19)18-12/h7-8,10H,3-6,9,17H2,1-2H3,(H,18,19). The highest BCUT2D eigenvalue weighted by Gasteiger charge is 2.28. The predicted molar refractivity (Wildman–Crippen MR) is 81.6 cm³/mol. The molecule has 5 heteroatoms. The van der Waals surface area contributed by atoms with Gasteiger partial charge in [0.25, 0.3) is 5.91 Å². The van der Waals surface area contributed by atoms with Gasteiger partial charge in [0, 0.05) is 12.1 Å². The molecule has 1 amide bonds. The zero-order chi connectivity index (χ0) is 15.0. The number of fused-ring (bicyclic) bond motifs is 1. The Bertz CT molecular complexity index is 559. The van der Waals surface area contributed by atoms with Crippen LogP contribution in [0.5, 0.6) is 11.5 Å². The normalized spacial score (nSPS) is 21.1. The Morgan fingerprint density at radius 3 is 2.76 bits per heavy atom. The molecule has 0 spiro atoms. The SMILES string of the molecule is CC1(C)CCC(Oc2cc3c(cc2N)OCC(=O)N3)CC1. The van der Waals surface area contributed by atoms with E-state index in [4.69, 9.17) is 15.2 Å². The molecule has 1 aromatic carbocycles. The van der Waals surface area contributed by atoms with E-state index in [2.05, 4.69) is 19.2 Å². The van der Waals surface area contributed by atoms with Gasteiger partial charge in [-0.3, -0.25) is 4.79 Å². The van der Waals surface area contributed by atoms with E-state index in [9.17, 15) is 4.79 Å². The van der Waals surface area contributed by atoms with Gasteiger partial charge >= 0.3 is 0 Å². The molecular weight excluding hydrogens is 268 g/mol. The minimum atomic E-state index is -0.155. The number of amides is 1. The molecule has 114 valence electrons. The third-order valence-corrected chi connectivity index (χ3v) is 4.32. The van der Waals surface area contributed by atoms with Crippen molar-refractivity contribution in [3.8, 4) is 11.5 Å². The molecule has 0 aromatic heterocycles. The molecule has 0 atom stereocenters. The number of carbonyl (C=O) groups is 1. The summed E-state index contributed by atoms with van der Waals surface area (Å²) in [5, 5.41) is 2.78. The number of anilines is 2. The number of nitrogen functional groups attached to an aromatic ring is 1. The van der Waals surface area contributed by atoms with Crippen molar-refractivity contribution >= 4 is 17.3 Å². The summed E-state index contributed by atoms with van der Waals surface area (Å²) in [6.07, 6.45) is 4.57. The second-order valence-electron chi connectivity index (χ2n) is 6.70. The van der Waals surface area contributed by atoms with Gasteiger partial charge in [0.05, 0.1) is 17.5 Å². The van der Waals surface area contributed by atoms with Crippen LogP contribution in [-0.2, 0) is 4.79 Å². The predicted octanol–water partition coefficient (Wildman–Crippen LogP) is 2.95. The Morgan fingerprint density at radius 1 is 1.33 bits per heavy atom. The average Bonchev–Trinajstić information content (AvgIpc) is 2.42. The summed E-state index contributed by atoms with van der Waals surface area (Å²) in [6.45, 7) is 4.62. The summed E-state index contributed by atoms with van der Waals surface area (Å²) in [4.78, 5) is 11.4. The first-order valence-electron chi connectivity index (χ1n) is 7.46. The molecule has 1 aliphatic carbocycles. The van der Waals surface area contributed by atoms with Gasteiger partial charge in [0.1, 0.15) is 11.5 Å². The Kier molecular flexibility index (Phi) is 3.43. The van der Waals surface area contributed by atoms with Gasteiger partial charge in [-0.15, -0.1) is 0 Å². The fourth-order valence-electron chi connectivity index (χ4n) is 2.89. The molecule has 3 rings (SSSR count). The lowest BCUT2D eigenvalue weighted by Gasteiger charge is -2.34. The van der Waals surface area contributed by atoms with Crippen LogP contribution in [-0.4, -0.2) is 18.6 Å². The van der Waals surface area contributed by atoms with E-state index in [0.717, 1.165) is 25.7 Å². The van der Waals surface area contributed by atoms with Gasteiger partial charge < -0.3 is 20.5 Å². The highest BCUT2D eigenvalue weighted by molar-refractivity contribution is 5.96. The van der Waals surface area contributed by atoms with E-state index in [1.807, 2.05) is 0 Å². The van der Waals surface area contributed by atoms with Gasteiger partial charge in [-0.1, -0.05) is 13.8 Å². The van der Waals surface area contributed by atoms with E-state index >= 15 is 0 Å². The molecule has 1 aromatic rings. The lowest BCUT2D eigenvalue weighted by molar-refractivity contribution is -0.118. The number of hydrogen-bond donors (Lipinski definition) is 2. The highest BCUT2D eigenvalue weighted by atomic mass is 16.5. The van der Waals surface area contributed by atoms with E-state index in [-0.39, 0.29) is 18.6 Å². The molecule has 3 N–H and O–H groups in total. The Morgan fingerprint density at radius 2 is 2.05 bits per heavy atom. The number of carbonyl (C=O) groups excluding carboxylic acids is 1. The summed E-state index contributed by atoms with van der Waals surface area (Å²) < 4.78 is 11.4. The fourth-order valence-corrected chi connectivity index (χ4v) is 2.89. The maximum Gasteiger partial charge on any atom is 0.262 e. The molecule has 1 fully saturated rings. The lowest BCUT2D eigenvalue weighted by Crippen LogP contribution is -2.29. The quantitative estimate of drug-likeness (QED) is 0.821. The van der Waals surface area contributed by atoms with E-state index in [0.29, 0.717) is 28.3 Å². The monoisotopic (exact) mass is 290 g/mol. The molecule has 1 saturated carbocycles. The highest BCUT2D eigenvalue weighted by Crippen LogP contribution is 2.40. The lowest BCUT2D eigenvalue weighted by atomic mass is 9.76. The number of nitrogens with one attached hydrogen (secondary N) is 1. The van der Waals surface area contributed by atoms with Crippen LogP contribution in [0.25, 0.3) is 0 Å². The largest absolute Gasteiger partial charge is 0.488 e. The first-order valence-corrected chi connectivity index (χ1v) is 7.46. The first kappa shape index (κ1) is 14.0. The van der Waals surface area contributed by atoms with Crippen molar-refractivity contribution in [1.82, 2.24) is 0 Å². The number of ether oxygens (including phenoxy) is 2.